The van der Waals surface area contributed by atoms with Crippen molar-refractivity contribution in [3.8, 4) is 0 Å². The molecule has 0 amide bonds. The Morgan fingerprint density at radius 3 is 2.12 bits per heavy atom. The molecule has 196 valence electrons. The van der Waals surface area contributed by atoms with Crippen LogP contribution in [0.25, 0.3) is 0 Å². The zero-order valence-corrected chi connectivity index (χ0v) is 24.0. The van der Waals surface area contributed by atoms with Gasteiger partial charge in [0, 0.05) is 7.11 Å². The SMILES string of the molecule is CC.CC.COC1CCC2(C)C(CCC3C4CCC(CCCC(O)C(C)C)C4(C)CCC32)C1. The highest BCUT2D eigenvalue weighted by Crippen LogP contribution is 2.68. The second kappa shape index (κ2) is 12.8. The van der Waals surface area contributed by atoms with Gasteiger partial charge in [0.05, 0.1) is 12.2 Å². The van der Waals surface area contributed by atoms with Crippen molar-refractivity contribution in [2.24, 2.45) is 46.3 Å². The molecule has 0 aliphatic heterocycles. The van der Waals surface area contributed by atoms with Crippen LogP contribution in [0.15, 0.2) is 0 Å². The van der Waals surface area contributed by atoms with Gasteiger partial charge in [0.1, 0.15) is 0 Å². The molecule has 4 aliphatic carbocycles. The summed E-state index contributed by atoms with van der Waals surface area (Å²) in [5.41, 5.74) is 1.16. The lowest BCUT2D eigenvalue weighted by atomic mass is 9.44. The van der Waals surface area contributed by atoms with E-state index in [-0.39, 0.29) is 6.10 Å². The van der Waals surface area contributed by atoms with Crippen LogP contribution in [-0.2, 0) is 4.74 Å². The van der Waals surface area contributed by atoms with E-state index in [2.05, 4.69) is 27.7 Å². The molecule has 0 heterocycles. The third kappa shape index (κ3) is 5.84. The van der Waals surface area contributed by atoms with Crippen LogP contribution in [-0.4, -0.2) is 24.4 Å². The molecule has 33 heavy (non-hydrogen) atoms. The molecule has 4 rings (SSSR count). The molecule has 0 aromatic rings. The first-order chi connectivity index (χ1) is 15.8. The molecule has 9 atom stereocenters. The Labute approximate surface area is 208 Å². The van der Waals surface area contributed by atoms with Crippen LogP contribution < -0.4 is 0 Å². The van der Waals surface area contributed by atoms with E-state index in [1.165, 1.54) is 70.6 Å². The minimum Gasteiger partial charge on any atom is -0.393 e. The van der Waals surface area contributed by atoms with Crippen LogP contribution in [0.3, 0.4) is 0 Å². The fourth-order valence-electron chi connectivity index (χ4n) is 8.92. The van der Waals surface area contributed by atoms with Gasteiger partial charge in [0.15, 0.2) is 0 Å². The largest absolute Gasteiger partial charge is 0.393 e. The molecule has 9 unspecified atom stereocenters. The van der Waals surface area contributed by atoms with E-state index in [0.717, 1.165) is 36.0 Å². The van der Waals surface area contributed by atoms with Gasteiger partial charge in [-0.2, -0.15) is 0 Å². The number of rotatable bonds is 6. The van der Waals surface area contributed by atoms with E-state index in [1.54, 1.807) is 0 Å². The first-order valence-electron chi connectivity index (χ1n) is 15.0. The molecule has 0 saturated heterocycles. The summed E-state index contributed by atoms with van der Waals surface area (Å²) in [5, 5.41) is 10.2. The van der Waals surface area contributed by atoms with Gasteiger partial charge in [0.25, 0.3) is 0 Å². The monoisotopic (exact) mass is 464 g/mol. The van der Waals surface area contributed by atoms with Gasteiger partial charge in [-0.1, -0.05) is 61.8 Å². The topological polar surface area (TPSA) is 29.5 Å². The van der Waals surface area contributed by atoms with E-state index in [0.29, 0.717) is 22.9 Å². The van der Waals surface area contributed by atoms with E-state index in [9.17, 15) is 5.11 Å². The zero-order chi connectivity index (χ0) is 24.8. The third-order valence-electron chi connectivity index (χ3n) is 11.0. The highest BCUT2D eigenvalue weighted by atomic mass is 16.5. The number of aliphatic hydroxyl groups excluding tert-OH is 1. The summed E-state index contributed by atoms with van der Waals surface area (Å²) in [4.78, 5) is 0. The number of fused-ring (bicyclic) bond motifs is 5. The Bertz CT molecular complexity index is 559. The second-order valence-electron chi connectivity index (χ2n) is 12.4. The van der Waals surface area contributed by atoms with Crippen molar-refractivity contribution in [2.45, 2.75) is 145 Å². The molecule has 2 nitrogen and oxygen atoms in total. The molecule has 4 saturated carbocycles. The lowest BCUT2D eigenvalue weighted by Crippen LogP contribution is -2.54. The molecule has 4 fully saturated rings. The first kappa shape index (κ1) is 29.2. The van der Waals surface area contributed by atoms with Gasteiger partial charge in [-0.3, -0.25) is 0 Å². The Balaban J connectivity index is 0.000000914. The van der Waals surface area contributed by atoms with E-state index in [4.69, 9.17) is 4.74 Å². The first-order valence-corrected chi connectivity index (χ1v) is 15.0. The van der Waals surface area contributed by atoms with Crippen molar-refractivity contribution >= 4 is 0 Å². The van der Waals surface area contributed by atoms with Gasteiger partial charge in [0.2, 0.25) is 0 Å². The maximum absolute atomic E-state index is 10.2. The lowest BCUT2D eigenvalue weighted by molar-refractivity contribution is -0.130. The quantitative estimate of drug-likeness (QED) is 0.425. The van der Waals surface area contributed by atoms with E-state index < -0.39 is 0 Å². The van der Waals surface area contributed by atoms with Gasteiger partial charge in [-0.25, -0.2) is 0 Å². The molecule has 0 spiro atoms. The van der Waals surface area contributed by atoms with Crippen molar-refractivity contribution in [3.05, 3.63) is 0 Å². The summed E-state index contributed by atoms with van der Waals surface area (Å²) < 4.78 is 5.77. The van der Waals surface area contributed by atoms with Crippen molar-refractivity contribution < 1.29 is 9.84 Å². The summed E-state index contributed by atoms with van der Waals surface area (Å²) in [5.74, 6) is 5.14. The molecule has 4 aliphatic rings. The molecular weight excluding hydrogens is 404 g/mol. The normalized spacial score (nSPS) is 42.6. The van der Waals surface area contributed by atoms with Gasteiger partial charge < -0.3 is 9.84 Å². The standard InChI is InChI=1S/C27H48O2.2C2H6/c1-18(2)25(28)8-6-7-19-10-12-23-22-11-9-20-17-21(29-5)13-15-27(20,4)24(22)14-16-26(19,23)3;2*1-2/h18-25,28H,6-17H2,1-5H3;2*1-2H3. The molecular formula is C31H60O2. The second-order valence-corrected chi connectivity index (χ2v) is 12.4. The van der Waals surface area contributed by atoms with E-state index >= 15 is 0 Å². The molecule has 0 radical (unpaired) electrons. The number of aliphatic hydroxyl groups is 1. The maximum Gasteiger partial charge on any atom is 0.0574 e. The summed E-state index contributed by atoms with van der Waals surface area (Å²) in [6, 6.07) is 0. The number of methoxy groups -OCH3 is 1. The van der Waals surface area contributed by atoms with Crippen molar-refractivity contribution in [1.29, 1.82) is 0 Å². The Morgan fingerprint density at radius 1 is 0.848 bits per heavy atom. The average Bonchev–Trinajstić information content (AvgIpc) is 3.17. The Kier molecular flexibility index (Phi) is 11.3. The molecule has 0 aromatic heterocycles. The van der Waals surface area contributed by atoms with Crippen LogP contribution in [0, 0.1) is 46.3 Å². The fraction of sp³-hybridized carbons (Fsp3) is 1.00. The van der Waals surface area contributed by atoms with E-state index in [1.807, 2.05) is 34.8 Å². The number of ether oxygens (including phenoxy) is 1. The number of hydrogen-bond acceptors (Lipinski definition) is 2. The Morgan fingerprint density at radius 2 is 1.48 bits per heavy atom. The predicted molar refractivity (Wildman–Crippen MR) is 143 cm³/mol. The Hall–Kier alpha value is -0.0800. The van der Waals surface area contributed by atoms with Gasteiger partial charge in [-0.05, 0) is 117 Å². The number of hydrogen-bond donors (Lipinski definition) is 1. The van der Waals surface area contributed by atoms with Crippen molar-refractivity contribution in [3.63, 3.8) is 0 Å². The highest BCUT2D eigenvalue weighted by molar-refractivity contribution is 5.09. The summed E-state index contributed by atoms with van der Waals surface area (Å²) in [6.07, 6.45) is 16.8. The van der Waals surface area contributed by atoms with Crippen LogP contribution in [0.2, 0.25) is 0 Å². The third-order valence-corrected chi connectivity index (χ3v) is 11.0. The fourth-order valence-corrected chi connectivity index (χ4v) is 8.92. The average molecular weight is 465 g/mol. The van der Waals surface area contributed by atoms with Gasteiger partial charge in [-0.15, -0.1) is 0 Å². The predicted octanol–water partition coefficient (Wildman–Crippen LogP) is 8.90. The van der Waals surface area contributed by atoms with Gasteiger partial charge >= 0.3 is 0 Å². The van der Waals surface area contributed by atoms with Crippen molar-refractivity contribution in [1.82, 2.24) is 0 Å². The zero-order valence-electron chi connectivity index (χ0n) is 24.0. The van der Waals surface area contributed by atoms with Crippen molar-refractivity contribution in [2.75, 3.05) is 7.11 Å². The molecule has 0 aromatic carbocycles. The lowest BCUT2D eigenvalue weighted by Gasteiger charge is -2.61. The molecule has 2 heteroatoms. The molecule has 1 N–H and O–H groups in total. The van der Waals surface area contributed by atoms with Crippen LogP contribution in [0.1, 0.15) is 132 Å². The molecule has 0 bridgehead atoms. The summed E-state index contributed by atoms with van der Waals surface area (Å²) in [7, 11) is 1.92. The maximum atomic E-state index is 10.2. The van der Waals surface area contributed by atoms with Crippen LogP contribution >= 0.6 is 0 Å². The smallest absolute Gasteiger partial charge is 0.0574 e. The van der Waals surface area contributed by atoms with Crippen LogP contribution in [0.4, 0.5) is 0 Å². The minimum atomic E-state index is -0.104. The summed E-state index contributed by atoms with van der Waals surface area (Å²) in [6.45, 7) is 17.6. The minimum absolute atomic E-state index is 0.104. The highest BCUT2D eigenvalue weighted by Gasteiger charge is 2.59. The summed E-state index contributed by atoms with van der Waals surface area (Å²) >= 11 is 0. The van der Waals surface area contributed by atoms with Crippen LogP contribution in [0.5, 0.6) is 0 Å².